The Balaban J connectivity index is 1.53. The molecular formula is C13H14N4OS. The fraction of sp³-hybridized carbons (Fsp3) is 0.308. The first kappa shape index (κ1) is 12.1. The van der Waals surface area contributed by atoms with Gasteiger partial charge >= 0.3 is 0 Å². The number of carbonyl (C=O) groups is 1. The van der Waals surface area contributed by atoms with Crippen molar-refractivity contribution < 1.29 is 4.79 Å². The molecule has 0 unspecified atom stereocenters. The molecule has 0 radical (unpaired) electrons. The van der Waals surface area contributed by atoms with Crippen LogP contribution in [0.15, 0.2) is 30.0 Å². The lowest BCUT2D eigenvalue weighted by Crippen LogP contribution is -2.59. The zero-order valence-electron chi connectivity index (χ0n) is 10.5. The highest BCUT2D eigenvalue weighted by Crippen LogP contribution is 2.18. The molecule has 0 aliphatic carbocycles. The number of aromatic nitrogens is 2. The summed E-state index contributed by atoms with van der Waals surface area (Å²) in [5.41, 5.74) is 1.13. The first-order chi connectivity index (χ1) is 9.22. The molecule has 0 spiro atoms. The van der Waals surface area contributed by atoms with Gasteiger partial charge in [0.25, 0.3) is 5.91 Å². The van der Waals surface area contributed by atoms with Gasteiger partial charge in [0.05, 0.1) is 17.1 Å². The molecular weight excluding hydrogens is 260 g/mol. The first-order valence-electron chi connectivity index (χ1n) is 6.09. The summed E-state index contributed by atoms with van der Waals surface area (Å²) in [6.45, 7) is 3.57. The van der Waals surface area contributed by atoms with Gasteiger partial charge in [-0.15, -0.1) is 11.3 Å². The molecule has 6 heteroatoms. The van der Waals surface area contributed by atoms with E-state index in [1.54, 1.807) is 18.6 Å². The molecule has 1 aliphatic rings. The van der Waals surface area contributed by atoms with Gasteiger partial charge in [0.2, 0.25) is 0 Å². The number of nitrogens with one attached hydrogen (secondary N) is 1. The van der Waals surface area contributed by atoms with E-state index in [2.05, 4.69) is 20.2 Å². The van der Waals surface area contributed by atoms with Crippen LogP contribution in [0.2, 0.25) is 0 Å². The molecule has 1 saturated heterocycles. The van der Waals surface area contributed by atoms with Gasteiger partial charge < -0.3 is 10.2 Å². The first-order valence-corrected chi connectivity index (χ1v) is 6.97. The van der Waals surface area contributed by atoms with Crippen molar-refractivity contribution in [3.63, 3.8) is 0 Å². The van der Waals surface area contributed by atoms with Crippen LogP contribution >= 0.6 is 11.3 Å². The van der Waals surface area contributed by atoms with E-state index in [0.29, 0.717) is 0 Å². The summed E-state index contributed by atoms with van der Waals surface area (Å²) in [6, 6.07) is 2.11. The molecule has 0 atom stereocenters. The fourth-order valence-corrected chi connectivity index (χ4v) is 2.82. The summed E-state index contributed by atoms with van der Waals surface area (Å²) < 4.78 is 0. The molecule has 5 nitrogen and oxygen atoms in total. The molecule has 0 saturated carbocycles. The monoisotopic (exact) mass is 274 g/mol. The van der Waals surface area contributed by atoms with E-state index in [-0.39, 0.29) is 11.9 Å². The standard InChI is InChI=1S/C13H14N4OS/c1-9-4-11(19-8-9)13(18)16-10-6-17(7-10)12-5-14-2-3-15-12/h2-5,8,10H,6-7H2,1H3,(H,16,18). The van der Waals surface area contributed by atoms with E-state index >= 15 is 0 Å². The van der Waals surface area contributed by atoms with Crippen LogP contribution in [0.4, 0.5) is 5.82 Å². The lowest BCUT2D eigenvalue weighted by atomic mass is 10.1. The van der Waals surface area contributed by atoms with Gasteiger partial charge in [0, 0.05) is 25.5 Å². The van der Waals surface area contributed by atoms with Crippen LogP contribution < -0.4 is 10.2 Å². The Morgan fingerprint density at radius 3 is 2.95 bits per heavy atom. The maximum Gasteiger partial charge on any atom is 0.261 e. The predicted octanol–water partition coefficient (Wildman–Crippen LogP) is 1.47. The van der Waals surface area contributed by atoms with Gasteiger partial charge in [-0.05, 0) is 23.9 Å². The van der Waals surface area contributed by atoms with Crippen molar-refractivity contribution in [3.8, 4) is 0 Å². The molecule has 3 rings (SSSR count). The predicted molar refractivity (Wildman–Crippen MR) is 74.6 cm³/mol. The second-order valence-electron chi connectivity index (χ2n) is 4.63. The molecule has 98 valence electrons. The molecule has 1 fully saturated rings. The Bertz CT molecular complexity index is 577. The van der Waals surface area contributed by atoms with Crippen LogP contribution in [0.3, 0.4) is 0 Å². The van der Waals surface area contributed by atoms with Crippen molar-refractivity contribution in [1.29, 1.82) is 0 Å². The van der Waals surface area contributed by atoms with E-state index in [1.165, 1.54) is 11.3 Å². The van der Waals surface area contributed by atoms with Gasteiger partial charge in [0.1, 0.15) is 5.82 Å². The average molecular weight is 274 g/mol. The summed E-state index contributed by atoms with van der Waals surface area (Å²) >= 11 is 1.48. The normalized spacial score (nSPS) is 15.1. The van der Waals surface area contributed by atoms with Crippen molar-refractivity contribution in [2.45, 2.75) is 13.0 Å². The van der Waals surface area contributed by atoms with Gasteiger partial charge in [-0.1, -0.05) is 0 Å². The number of thiophene rings is 1. The summed E-state index contributed by atoms with van der Waals surface area (Å²) in [4.78, 5) is 23.1. The van der Waals surface area contributed by atoms with E-state index in [1.807, 2.05) is 18.4 Å². The fourth-order valence-electron chi connectivity index (χ4n) is 2.02. The van der Waals surface area contributed by atoms with Crippen LogP contribution in [0.25, 0.3) is 0 Å². The Labute approximate surface area is 115 Å². The average Bonchev–Trinajstić information content (AvgIpc) is 2.81. The number of carbonyl (C=O) groups excluding carboxylic acids is 1. The highest BCUT2D eigenvalue weighted by molar-refractivity contribution is 7.12. The number of nitrogens with zero attached hydrogens (tertiary/aromatic N) is 3. The van der Waals surface area contributed by atoms with Gasteiger partial charge in [-0.2, -0.15) is 0 Å². The Kier molecular flexibility index (Phi) is 3.16. The minimum atomic E-state index is 0.0156. The molecule has 1 aliphatic heterocycles. The summed E-state index contributed by atoms with van der Waals surface area (Å²) in [7, 11) is 0. The summed E-state index contributed by atoms with van der Waals surface area (Å²) in [6.07, 6.45) is 5.07. The number of hydrogen-bond donors (Lipinski definition) is 1. The zero-order chi connectivity index (χ0) is 13.2. The van der Waals surface area contributed by atoms with E-state index in [9.17, 15) is 4.79 Å². The Hall–Kier alpha value is -1.95. The van der Waals surface area contributed by atoms with Crippen molar-refractivity contribution in [3.05, 3.63) is 40.5 Å². The van der Waals surface area contributed by atoms with E-state index < -0.39 is 0 Å². The molecule has 2 aromatic rings. The highest BCUT2D eigenvalue weighted by atomic mass is 32.1. The Morgan fingerprint density at radius 2 is 2.32 bits per heavy atom. The number of hydrogen-bond acceptors (Lipinski definition) is 5. The van der Waals surface area contributed by atoms with Gasteiger partial charge in [-0.3, -0.25) is 9.78 Å². The number of aryl methyl sites for hydroxylation is 1. The zero-order valence-corrected chi connectivity index (χ0v) is 11.4. The molecule has 0 bridgehead atoms. The molecule has 3 heterocycles. The number of amides is 1. The lowest BCUT2D eigenvalue weighted by molar-refractivity contribution is 0.0934. The third kappa shape index (κ3) is 2.58. The number of anilines is 1. The second-order valence-corrected chi connectivity index (χ2v) is 5.54. The van der Waals surface area contributed by atoms with Crippen molar-refractivity contribution in [2.75, 3.05) is 18.0 Å². The smallest absolute Gasteiger partial charge is 0.261 e. The molecule has 2 aromatic heterocycles. The van der Waals surface area contributed by atoms with Gasteiger partial charge in [0.15, 0.2) is 0 Å². The van der Waals surface area contributed by atoms with E-state index in [0.717, 1.165) is 29.3 Å². The van der Waals surface area contributed by atoms with Crippen LogP contribution in [-0.2, 0) is 0 Å². The highest BCUT2D eigenvalue weighted by Gasteiger charge is 2.29. The van der Waals surface area contributed by atoms with Crippen LogP contribution in [-0.4, -0.2) is 35.0 Å². The van der Waals surface area contributed by atoms with Gasteiger partial charge in [-0.25, -0.2) is 4.98 Å². The largest absolute Gasteiger partial charge is 0.351 e. The lowest BCUT2D eigenvalue weighted by Gasteiger charge is -2.40. The van der Waals surface area contributed by atoms with Crippen molar-refractivity contribution in [1.82, 2.24) is 15.3 Å². The maximum atomic E-state index is 12.0. The molecule has 1 amide bonds. The summed E-state index contributed by atoms with van der Waals surface area (Å²) in [5.74, 6) is 0.877. The van der Waals surface area contributed by atoms with Crippen LogP contribution in [0.1, 0.15) is 15.2 Å². The third-order valence-electron chi connectivity index (χ3n) is 3.04. The quantitative estimate of drug-likeness (QED) is 0.920. The third-order valence-corrected chi connectivity index (χ3v) is 4.09. The van der Waals surface area contributed by atoms with Crippen molar-refractivity contribution in [2.24, 2.45) is 0 Å². The van der Waals surface area contributed by atoms with Crippen LogP contribution in [0.5, 0.6) is 0 Å². The molecule has 1 N–H and O–H groups in total. The minimum Gasteiger partial charge on any atom is -0.351 e. The number of rotatable bonds is 3. The summed E-state index contributed by atoms with van der Waals surface area (Å²) in [5, 5.41) is 5.01. The minimum absolute atomic E-state index is 0.0156. The second kappa shape index (κ2) is 4.97. The van der Waals surface area contributed by atoms with Crippen molar-refractivity contribution >= 4 is 23.1 Å². The molecule has 0 aromatic carbocycles. The van der Waals surface area contributed by atoms with Crippen LogP contribution in [0, 0.1) is 6.92 Å². The topological polar surface area (TPSA) is 58.1 Å². The van der Waals surface area contributed by atoms with E-state index in [4.69, 9.17) is 0 Å². The molecule has 19 heavy (non-hydrogen) atoms. The Morgan fingerprint density at radius 1 is 1.47 bits per heavy atom. The SMILES string of the molecule is Cc1csc(C(=O)NC2CN(c3cnccn3)C2)c1. The maximum absolute atomic E-state index is 12.0.